The van der Waals surface area contributed by atoms with Crippen molar-refractivity contribution in [2.75, 3.05) is 22.9 Å². The number of ketones is 1. The Labute approximate surface area is 203 Å². The van der Waals surface area contributed by atoms with E-state index in [-0.39, 0.29) is 11.3 Å². The zero-order chi connectivity index (χ0) is 23.7. The van der Waals surface area contributed by atoms with Crippen LogP contribution < -0.4 is 9.80 Å². The van der Waals surface area contributed by atoms with Gasteiger partial charge < -0.3 is 10.0 Å². The number of aromatic nitrogens is 1. The number of pyridine rings is 1. The van der Waals surface area contributed by atoms with Crippen LogP contribution in [0.2, 0.25) is 5.02 Å². The summed E-state index contributed by atoms with van der Waals surface area (Å²) in [5, 5.41) is 11.6. The number of nitrogens with zero attached hydrogens (tertiary/aromatic N) is 3. The molecule has 1 N–H and O–H groups in total. The summed E-state index contributed by atoms with van der Waals surface area (Å²) in [6, 6.07) is 18.6. The van der Waals surface area contributed by atoms with Crippen molar-refractivity contribution in [2.24, 2.45) is 0 Å². The average Bonchev–Trinajstić information content (AvgIpc) is 3.15. The van der Waals surface area contributed by atoms with E-state index in [1.54, 1.807) is 48.7 Å². The SMILES string of the molecule is O=C1C(=O)N(c2ccc(N3CCCCC3)cc2)C(c2ccccn2)/C1=C(\O)c1ccc(Cl)cc1. The number of amides is 1. The van der Waals surface area contributed by atoms with Gasteiger partial charge in [0, 0.05) is 41.2 Å². The van der Waals surface area contributed by atoms with Crippen LogP contribution in [0.1, 0.15) is 36.6 Å². The fraction of sp³-hybridized carbons (Fsp3) is 0.222. The Hall–Kier alpha value is -3.64. The summed E-state index contributed by atoms with van der Waals surface area (Å²) < 4.78 is 0. The lowest BCUT2D eigenvalue weighted by Gasteiger charge is -2.30. The first-order valence-electron chi connectivity index (χ1n) is 11.4. The number of halogens is 1. The second-order valence-corrected chi connectivity index (χ2v) is 8.93. The van der Waals surface area contributed by atoms with E-state index in [4.69, 9.17) is 11.6 Å². The monoisotopic (exact) mass is 473 g/mol. The average molecular weight is 474 g/mol. The highest BCUT2D eigenvalue weighted by Crippen LogP contribution is 2.42. The molecule has 172 valence electrons. The molecule has 0 bridgehead atoms. The van der Waals surface area contributed by atoms with Crippen molar-refractivity contribution in [3.8, 4) is 0 Å². The fourth-order valence-corrected chi connectivity index (χ4v) is 4.78. The molecule has 1 atom stereocenters. The van der Waals surface area contributed by atoms with E-state index in [1.165, 1.54) is 24.2 Å². The van der Waals surface area contributed by atoms with Crippen molar-refractivity contribution in [1.29, 1.82) is 0 Å². The van der Waals surface area contributed by atoms with E-state index in [9.17, 15) is 14.7 Å². The third kappa shape index (κ3) is 4.05. The molecule has 7 heteroatoms. The van der Waals surface area contributed by atoms with Crippen LogP contribution in [-0.4, -0.2) is 34.9 Å². The molecule has 0 saturated carbocycles. The predicted molar refractivity (Wildman–Crippen MR) is 133 cm³/mol. The van der Waals surface area contributed by atoms with Crippen molar-refractivity contribution in [1.82, 2.24) is 4.98 Å². The van der Waals surface area contributed by atoms with Crippen LogP contribution in [0, 0.1) is 0 Å². The number of hydrogen-bond acceptors (Lipinski definition) is 5. The number of anilines is 2. The summed E-state index contributed by atoms with van der Waals surface area (Å²) >= 11 is 5.98. The van der Waals surface area contributed by atoms with Crippen LogP contribution in [0.5, 0.6) is 0 Å². The molecule has 2 fully saturated rings. The minimum atomic E-state index is -0.849. The first kappa shape index (κ1) is 22.2. The minimum absolute atomic E-state index is 0.00568. The van der Waals surface area contributed by atoms with Crippen molar-refractivity contribution < 1.29 is 14.7 Å². The molecule has 2 aromatic carbocycles. The van der Waals surface area contributed by atoms with Gasteiger partial charge in [0.05, 0.1) is 11.3 Å². The Balaban J connectivity index is 1.59. The van der Waals surface area contributed by atoms with E-state index in [0.29, 0.717) is 22.0 Å². The van der Waals surface area contributed by atoms with Gasteiger partial charge in [-0.25, -0.2) is 0 Å². The smallest absolute Gasteiger partial charge is 0.300 e. The van der Waals surface area contributed by atoms with Crippen molar-refractivity contribution in [3.63, 3.8) is 0 Å². The minimum Gasteiger partial charge on any atom is -0.507 e. The number of carbonyl (C=O) groups is 2. The zero-order valence-electron chi connectivity index (χ0n) is 18.5. The van der Waals surface area contributed by atoms with Crippen molar-refractivity contribution in [3.05, 3.63) is 94.8 Å². The lowest BCUT2D eigenvalue weighted by atomic mass is 9.98. The van der Waals surface area contributed by atoms with Crippen LogP contribution in [0.15, 0.2) is 78.5 Å². The molecule has 1 aromatic heterocycles. The third-order valence-corrected chi connectivity index (χ3v) is 6.63. The van der Waals surface area contributed by atoms with Gasteiger partial charge >= 0.3 is 0 Å². The molecular formula is C27H24ClN3O3. The topological polar surface area (TPSA) is 73.7 Å². The summed E-state index contributed by atoms with van der Waals surface area (Å²) in [6.45, 7) is 2.03. The van der Waals surface area contributed by atoms with Crippen LogP contribution in [-0.2, 0) is 9.59 Å². The van der Waals surface area contributed by atoms with Gasteiger partial charge in [0.2, 0.25) is 0 Å². The van der Waals surface area contributed by atoms with Gasteiger partial charge in [-0.2, -0.15) is 0 Å². The maximum absolute atomic E-state index is 13.2. The Morgan fingerprint density at radius 2 is 1.56 bits per heavy atom. The Morgan fingerprint density at radius 3 is 2.21 bits per heavy atom. The van der Waals surface area contributed by atoms with Crippen LogP contribution in [0.4, 0.5) is 11.4 Å². The van der Waals surface area contributed by atoms with E-state index in [0.717, 1.165) is 18.8 Å². The molecule has 1 unspecified atom stereocenters. The molecule has 0 spiro atoms. The van der Waals surface area contributed by atoms with E-state index in [1.807, 2.05) is 24.3 Å². The Kier molecular flexibility index (Phi) is 6.07. The lowest BCUT2D eigenvalue weighted by molar-refractivity contribution is -0.132. The molecule has 34 heavy (non-hydrogen) atoms. The second kappa shape index (κ2) is 9.31. The zero-order valence-corrected chi connectivity index (χ0v) is 19.3. The first-order valence-corrected chi connectivity index (χ1v) is 11.8. The quantitative estimate of drug-likeness (QED) is 0.314. The van der Waals surface area contributed by atoms with E-state index < -0.39 is 17.7 Å². The molecule has 2 aliphatic rings. The van der Waals surface area contributed by atoms with E-state index in [2.05, 4.69) is 9.88 Å². The summed E-state index contributed by atoms with van der Waals surface area (Å²) in [5.41, 5.74) is 2.58. The highest BCUT2D eigenvalue weighted by atomic mass is 35.5. The molecular weight excluding hydrogens is 450 g/mol. The molecule has 2 aliphatic heterocycles. The predicted octanol–water partition coefficient (Wildman–Crippen LogP) is 5.35. The van der Waals surface area contributed by atoms with Gasteiger partial charge in [0.15, 0.2) is 0 Å². The third-order valence-electron chi connectivity index (χ3n) is 6.38. The number of carbonyl (C=O) groups excluding carboxylic acids is 2. The second-order valence-electron chi connectivity index (χ2n) is 8.49. The molecule has 2 saturated heterocycles. The number of piperidine rings is 1. The maximum Gasteiger partial charge on any atom is 0.300 e. The van der Waals surface area contributed by atoms with Crippen LogP contribution in [0.3, 0.4) is 0 Å². The molecule has 0 radical (unpaired) electrons. The largest absolute Gasteiger partial charge is 0.507 e. The van der Waals surface area contributed by atoms with Gasteiger partial charge in [0.25, 0.3) is 11.7 Å². The molecule has 6 nitrogen and oxygen atoms in total. The summed E-state index contributed by atoms with van der Waals surface area (Å²) in [5.74, 6) is -1.70. The fourth-order valence-electron chi connectivity index (χ4n) is 4.66. The standard InChI is InChI=1S/C27H24ClN3O3/c28-19-9-7-18(8-10-19)25(32)23-24(22-6-2-3-15-29-22)31(27(34)26(23)33)21-13-11-20(12-14-21)30-16-4-1-5-17-30/h2-3,6-15,24,32H,1,4-5,16-17H2/b25-23+. The van der Waals surface area contributed by atoms with Gasteiger partial charge in [0.1, 0.15) is 11.8 Å². The van der Waals surface area contributed by atoms with E-state index >= 15 is 0 Å². The number of Topliss-reactive ketones (excluding diaryl/α,β-unsaturated/α-hetero) is 1. The summed E-state index contributed by atoms with van der Waals surface area (Å²) in [7, 11) is 0. The number of hydrogen-bond donors (Lipinski definition) is 1. The lowest BCUT2D eigenvalue weighted by Crippen LogP contribution is -2.31. The van der Waals surface area contributed by atoms with Gasteiger partial charge in [-0.15, -0.1) is 0 Å². The normalized spacial score (nSPS) is 20.1. The van der Waals surface area contributed by atoms with Gasteiger partial charge in [-0.1, -0.05) is 17.7 Å². The number of rotatable bonds is 4. The molecule has 1 amide bonds. The van der Waals surface area contributed by atoms with Crippen molar-refractivity contribution >= 4 is 40.4 Å². The number of aliphatic hydroxyl groups is 1. The Bertz CT molecular complexity index is 1230. The maximum atomic E-state index is 13.2. The van der Waals surface area contributed by atoms with Crippen LogP contribution in [0.25, 0.3) is 5.76 Å². The highest BCUT2D eigenvalue weighted by Gasteiger charge is 2.47. The number of aliphatic hydroxyl groups excluding tert-OH is 1. The molecule has 3 aromatic rings. The molecule has 5 rings (SSSR count). The summed E-state index contributed by atoms with van der Waals surface area (Å²) in [6.07, 6.45) is 5.19. The molecule has 0 aliphatic carbocycles. The summed E-state index contributed by atoms with van der Waals surface area (Å²) in [4.78, 5) is 34.6. The van der Waals surface area contributed by atoms with Crippen LogP contribution >= 0.6 is 11.6 Å². The van der Waals surface area contributed by atoms with Crippen molar-refractivity contribution in [2.45, 2.75) is 25.3 Å². The van der Waals surface area contributed by atoms with Gasteiger partial charge in [-0.3, -0.25) is 19.5 Å². The molecule has 3 heterocycles. The number of benzene rings is 2. The first-order chi connectivity index (χ1) is 16.5. The highest BCUT2D eigenvalue weighted by molar-refractivity contribution is 6.51. The van der Waals surface area contributed by atoms with Gasteiger partial charge in [-0.05, 0) is 79.9 Å². The Morgan fingerprint density at radius 1 is 0.882 bits per heavy atom.